The van der Waals surface area contributed by atoms with Crippen LogP contribution in [-0.2, 0) is 20.0 Å². The Kier molecular flexibility index (Phi) is 4.82. The fraction of sp³-hybridized carbons (Fsp3) is 0.222. The Morgan fingerprint density at radius 2 is 1.96 bits per heavy atom. The molecule has 0 aliphatic rings. The van der Waals surface area contributed by atoms with Gasteiger partial charge in [0, 0.05) is 40.0 Å². The molecule has 2 heterocycles. The molecule has 27 heavy (non-hydrogen) atoms. The average Bonchev–Trinajstić information content (AvgIpc) is 3.20. The Labute approximate surface area is 165 Å². The van der Waals surface area contributed by atoms with Gasteiger partial charge in [0.15, 0.2) is 5.82 Å². The van der Waals surface area contributed by atoms with Crippen molar-refractivity contribution < 1.29 is 5.11 Å². The first-order valence-electron chi connectivity index (χ1n) is 8.34. The largest absolute Gasteiger partial charge is 0.396 e. The van der Waals surface area contributed by atoms with Gasteiger partial charge in [0.1, 0.15) is 5.52 Å². The van der Waals surface area contributed by atoms with Crippen LogP contribution >= 0.6 is 23.2 Å². The molecule has 1 N–H and O–H groups in total. The van der Waals surface area contributed by atoms with Gasteiger partial charge in [-0.05, 0) is 22.6 Å². The first-order valence-corrected chi connectivity index (χ1v) is 9.10. The SMILES string of the molecule is Cn1nc2c(-c3ccc(Cl)cc3Cl)cccc2c1Cn1nnnc1CCO. The zero-order chi connectivity index (χ0) is 19.0. The highest BCUT2D eigenvalue weighted by Gasteiger charge is 2.17. The lowest BCUT2D eigenvalue weighted by Gasteiger charge is -2.07. The van der Waals surface area contributed by atoms with Crippen molar-refractivity contribution >= 4 is 34.1 Å². The van der Waals surface area contributed by atoms with Crippen molar-refractivity contribution in [1.82, 2.24) is 30.0 Å². The standard InChI is InChI=1S/C18H16Cl2N6O/c1-25-16(10-26-17(7-8-27)21-23-24-26)14-4-2-3-13(18(14)22-25)12-6-5-11(19)9-15(12)20/h2-6,9,27H,7-8,10H2,1H3. The fourth-order valence-electron chi connectivity index (χ4n) is 3.15. The van der Waals surface area contributed by atoms with E-state index in [1.165, 1.54) is 0 Å². The smallest absolute Gasteiger partial charge is 0.154 e. The molecule has 0 spiro atoms. The van der Waals surface area contributed by atoms with Crippen LogP contribution in [-0.4, -0.2) is 41.7 Å². The van der Waals surface area contributed by atoms with Crippen LogP contribution < -0.4 is 0 Å². The minimum Gasteiger partial charge on any atom is -0.396 e. The number of fused-ring (bicyclic) bond motifs is 1. The van der Waals surface area contributed by atoms with Crippen molar-refractivity contribution in [2.75, 3.05) is 6.61 Å². The number of aliphatic hydroxyl groups excluding tert-OH is 1. The molecule has 0 amide bonds. The highest BCUT2D eigenvalue weighted by Crippen LogP contribution is 2.35. The number of hydrogen-bond donors (Lipinski definition) is 1. The molecule has 2 aromatic carbocycles. The number of hydrogen-bond acceptors (Lipinski definition) is 5. The van der Waals surface area contributed by atoms with Crippen molar-refractivity contribution in [3.63, 3.8) is 0 Å². The van der Waals surface area contributed by atoms with E-state index in [0.717, 1.165) is 27.7 Å². The second-order valence-corrected chi connectivity index (χ2v) is 6.97. The van der Waals surface area contributed by atoms with E-state index in [9.17, 15) is 5.11 Å². The quantitative estimate of drug-likeness (QED) is 0.554. The predicted octanol–water partition coefficient (Wildman–Crippen LogP) is 3.12. The van der Waals surface area contributed by atoms with Gasteiger partial charge >= 0.3 is 0 Å². The summed E-state index contributed by atoms with van der Waals surface area (Å²) in [5.41, 5.74) is 3.61. The Bertz CT molecular complexity index is 1120. The van der Waals surface area contributed by atoms with E-state index in [4.69, 9.17) is 28.3 Å². The summed E-state index contributed by atoms with van der Waals surface area (Å²) in [6, 6.07) is 11.4. The molecular formula is C18H16Cl2N6O. The number of aryl methyl sites for hydroxylation is 1. The summed E-state index contributed by atoms with van der Waals surface area (Å²) in [5, 5.41) is 27.7. The van der Waals surface area contributed by atoms with E-state index in [1.54, 1.807) is 10.7 Å². The summed E-state index contributed by atoms with van der Waals surface area (Å²) >= 11 is 12.4. The van der Waals surface area contributed by atoms with Gasteiger partial charge in [0.05, 0.1) is 18.8 Å². The lowest BCUT2D eigenvalue weighted by molar-refractivity contribution is 0.294. The van der Waals surface area contributed by atoms with E-state index in [0.29, 0.717) is 28.8 Å². The maximum atomic E-state index is 9.17. The van der Waals surface area contributed by atoms with Gasteiger partial charge in [-0.2, -0.15) is 5.10 Å². The molecule has 0 aliphatic carbocycles. The molecule has 0 saturated carbocycles. The molecule has 2 aromatic heterocycles. The Balaban J connectivity index is 1.82. The van der Waals surface area contributed by atoms with Crippen LogP contribution in [0.15, 0.2) is 36.4 Å². The third-order valence-corrected chi connectivity index (χ3v) is 5.00. The van der Waals surface area contributed by atoms with Crippen molar-refractivity contribution in [3.05, 3.63) is 58.0 Å². The minimum atomic E-state index is -0.00821. The molecule has 0 saturated heterocycles. The van der Waals surface area contributed by atoms with Gasteiger partial charge < -0.3 is 5.11 Å². The maximum absolute atomic E-state index is 9.17. The van der Waals surface area contributed by atoms with Crippen LogP contribution in [0.1, 0.15) is 11.5 Å². The van der Waals surface area contributed by atoms with Gasteiger partial charge in [-0.3, -0.25) is 4.68 Å². The highest BCUT2D eigenvalue weighted by atomic mass is 35.5. The van der Waals surface area contributed by atoms with E-state index < -0.39 is 0 Å². The summed E-state index contributed by atoms with van der Waals surface area (Å²) in [6.45, 7) is 0.443. The zero-order valence-electron chi connectivity index (χ0n) is 14.5. The zero-order valence-corrected chi connectivity index (χ0v) is 16.0. The molecule has 0 atom stereocenters. The molecule has 138 valence electrons. The molecule has 4 aromatic rings. The van der Waals surface area contributed by atoms with Crippen molar-refractivity contribution in [3.8, 4) is 11.1 Å². The molecule has 0 radical (unpaired) electrons. The second kappa shape index (κ2) is 7.26. The molecule has 0 fully saturated rings. The maximum Gasteiger partial charge on any atom is 0.154 e. The lowest BCUT2D eigenvalue weighted by Crippen LogP contribution is -2.11. The summed E-state index contributed by atoms with van der Waals surface area (Å²) < 4.78 is 3.50. The Morgan fingerprint density at radius 3 is 2.74 bits per heavy atom. The third kappa shape index (κ3) is 3.29. The summed E-state index contributed by atoms with van der Waals surface area (Å²) in [6.07, 6.45) is 0.397. The van der Waals surface area contributed by atoms with Gasteiger partial charge in [0.25, 0.3) is 0 Å². The van der Waals surface area contributed by atoms with Gasteiger partial charge in [-0.1, -0.05) is 47.5 Å². The van der Waals surface area contributed by atoms with E-state index in [1.807, 2.05) is 42.1 Å². The first kappa shape index (κ1) is 17.9. The van der Waals surface area contributed by atoms with E-state index in [2.05, 4.69) is 15.5 Å². The van der Waals surface area contributed by atoms with Crippen LogP contribution in [0.3, 0.4) is 0 Å². The molecule has 7 nitrogen and oxygen atoms in total. The minimum absolute atomic E-state index is 0.00821. The Morgan fingerprint density at radius 1 is 1.11 bits per heavy atom. The monoisotopic (exact) mass is 402 g/mol. The number of nitrogens with zero attached hydrogens (tertiary/aromatic N) is 6. The van der Waals surface area contributed by atoms with Crippen LogP contribution in [0, 0.1) is 0 Å². The molecule has 0 unspecified atom stereocenters. The van der Waals surface area contributed by atoms with Crippen LogP contribution in [0.4, 0.5) is 0 Å². The van der Waals surface area contributed by atoms with Gasteiger partial charge in [0.2, 0.25) is 0 Å². The summed E-state index contributed by atoms with van der Waals surface area (Å²) in [5.74, 6) is 0.628. The summed E-state index contributed by atoms with van der Waals surface area (Å²) in [4.78, 5) is 0. The van der Waals surface area contributed by atoms with E-state index >= 15 is 0 Å². The number of aromatic nitrogens is 6. The molecule has 4 rings (SSSR count). The van der Waals surface area contributed by atoms with Crippen LogP contribution in [0.25, 0.3) is 22.0 Å². The van der Waals surface area contributed by atoms with Gasteiger partial charge in [-0.15, -0.1) is 5.10 Å². The van der Waals surface area contributed by atoms with Crippen LogP contribution in [0.5, 0.6) is 0 Å². The number of tetrazole rings is 1. The molecule has 0 aliphatic heterocycles. The first-order chi connectivity index (χ1) is 13.1. The number of benzene rings is 2. The normalized spacial score (nSPS) is 11.4. The molecular weight excluding hydrogens is 387 g/mol. The predicted molar refractivity (Wildman–Crippen MR) is 104 cm³/mol. The second-order valence-electron chi connectivity index (χ2n) is 6.12. The average molecular weight is 403 g/mol. The molecule has 0 bridgehead atoms. The van der Waals surface area contributed by atoms with Crippen molar-refractivity contribution in [1.29, 1.82) is 0 Å². The highest BCUT2D eigenvalue weighted by molar-refractivity contribution is 6.36. The number of halogens is 2. The summed E-state index contributed by atoms with van der Waals surface area (Å²) in [7, 11) is 1.89. The fourth-order valence-corrected chi connectivity index (χ4v) is 3.66. The van der Waals surface area contributed by atoms with E-state index in [-0.39, 0.29) is 6.61 Å². The van der Waals surface area contributed by atoms with Crippen molar-refractivity contribution in [2.45, 2.75) is 13.0 Å². The van der Waals surface area contributed by atoms with Crippen molar-refractivity contribution in [2.24, 2.45) is 7.05 Å². The van der Waals surface area contributed by atoms with Crippen LogP contribution in [0.2, 0.25) is 10.0 Å². The third-order valence-electron chi connectivity index (χ3n) is 4.45. The topological polar surface area (TPSA) is 81.7 Å². The Hall–Kier alpha value is -2.48. The van der Waals surface area contributed by atoms with Gasteiger partial charge in [-0.25, -0.2) is 4.68 Å². The lowest BCUT2D eigenvalue weighted by atomic mass is 10.0. The number of rotatable bonds is 5. The molecule has 9 heteroatoms. The number of aliphatic hydroxyl groups is 1.